The van der Waals surface area contributed by atoms with Crippen LogP contribution in [0.1, 0.15) is 99.3 Å². The predicted molar refractivity (Wildman–Crippen MR) is 123 cm³/mol. The predicted octanol–water partition coefficient (Wildman–Crippen LogP) is 7.98. The molecule has 0 spiro atoms. The summed E-state index contributed by atoms with van der Waals surface area (Å²) in [5.74, 6) is 1.76. The van der Waals surface area contributed by atoms with Crippen molar-refractivity contribution in [3.8, 4) is 6.07 Å². The van der Waals surface area contributed by atoms with Crippen molar-refractivity contribution in [1.82, 2.24) is 0 Å². The van der Waals surface area contributed by atoms with Crippen molar-refractivity contribution in [2.45, 2.75) is 89.9 Å². The SMILES string of the molecule is CCCCCCCC1CCC(c2ccc(CCc3ccc(C#N)cc3)cc2)CC1. The lowest BCUT2D eigenvalue weighted by Crippen LogP contribution is -2.13. The van der Waals surface area contributed by atoms with Gasteiger partial charge in [0.05, 0.1) is 11.6 Å². The summed E-state index contributed by atoms with van der Waals surface area (Å²) in [6.07, 6.45) is 16.3. The zero-order valence-corrected chi connectivity index (χ0v) is 18.2. The van der Waals surface area contributed by atoms with E-state index in [4.69, 9.17) is 5.26 Å². The van der Waals surface area contributed by atoms with Gasteiger partial charge >= 0.3 is 0 Å². The molecule has 1 saturated carbocycles. The Morgan fingerprint density at radius 2 is 1.34 bits per heavy atom. The third-order valence-electron chi connectivity index (χ3n) is 6.80. The van der Waals surface area contributed by atoms with E-state index in [9.17, 15) is 0 Å². The topological polar surface area (TPSA) is 23.8 Å². The van der Waals surface area contributed by atoms with E-state index in [0.717, 1.165) is 30.2 Å². The highest BCUT2D eigenvalue weighted by molar-refractivity contribution is 5.32. The maximum atomic E-state index is 8.90. The molecule has 0 aliphatic heterocycles. The molecule has 1 aliphatic rings. The molecule has 29 heavy (non-hydrogen) atoms. The van der Waals surface area contributed by atoms with Crippen LogP contribution < -0.4 is 0 Å². The Bertz CT molecular complexity index is 742. The van der Waals surface area contributed by atoms with Crippen molar-refractivity contribution in [2.24, 2.45) is 5.92 Å². The number of nitrogens with zero attached hydrogens (tertiary/aromatic N) is 1. The standard InChI is InChI=1S/C28H37N/c1-2-3-4-5-6-7-23-14-18-27(19-15-23)28-20-16-25(17-21-28)9-8-24-10-12-26(22-29)13-11-24/h10-13,16-17,20-21,23,27H,2-9,14-15,18-19H2,1H3. The number of hydrogen-bond donors (Lipinski definition) is 0. The highest BCUT2D eigenvalue weighted by atomic mass is 14.3. The Labute approximate surface area is 178 Å². The summed E-state index contributed by atoms with van der Waals surface area (Å²) < 4.78 is 0. The smallest absolute Gasteiger partial charge is 0.0991 e. The third kappa shape index (κ3) is 7.04. The molecule has 1 fully saturated rings. The maximum Gasteiger partial charge on any atom is 0.0991 e. The lowest BCUT2D eigenvalue weighted by molar-refractivity contribution is 0.302. The van der Waals surface area contributed by atoms with Gasteiger partial charge in [-0.2, -0.15) is 5.26 Å². The van der Waals surface area contributed by atoms with Crippen molar-refractivity contribution in [1.29, 1.82) is 5.26 Å². The normalized spacial score (nSPS) is 19.0. The molecule has 154 valence electrons. The van der Waals surface area contributed by atoms with Gasteiger partial charge in [0.2, 0.25) is 0 Å². The molecule has 2 aromatic rings. The molecule has 3 rings (SSSR count). The van der Waals surface area contributed by atoms with E-state index in [1.165, 1.54) is 75.3 Å². The summed E-state index contributed by atoms with van der Waals surface area (Å²) in [4.78, 5) is 0. The molecule has 0 aromatic heterocycles. The average Bonchev–Trinajstić information content (AvgIpc) is 2.79. The van der Waals surface area contributed by atoms with E-state index >= 15 is 0 Å². The van der Waals surface area contributed by atoms with E-state index in [1.54, 1.807) is 5.56 Å². The highest BCUT2D eigenvalue weighted by Gasteiger charge is 2.21. The van der Waals surface area contributed by atoms with E-state index in [2.05, 4.69) is 49.4 Å². The molecule has 0 bridgehead atoms. The first-order valence-electron chi connectivity index (χ1n) is 11.9. The van der Waals surface area contributed by atoms with Crippen LogP contribution in [0.2, 0.25) is 0 Å². The fourth-order valence-electron chi connectivity index (χ4n) is 4.81. The molecule has 2 aromatic carbocycles. The largest absolute Gasteiger partial charge is 0.192 e. The summed E-state index contributed by atoms with van der Waals surface area (Å²) >= 11 is 0. The Hall–Kier alpha value is -2.07. The van der Waals surface area contributed by atoms with Gasteiger partial charge in [0.1, 0.15) is 0 Å². The first-order valence-corrected chi connectivity index (χ1v) is 11.9. The number of benzene rings is 2. The Morgan fingerprint density at radius 3 is 1.93 bits per heavy atom. The molecule has 0 atom stereocenters. The minimum atomic E-state index is 0.740. The lowest BCUT2D eigenvalue weighted by atomic mass is 9.77. The van der Waals surface area contributed by atoms with Gasteiger partial charge in [-0.05, 0) is 79.2 Å². The molecule has 0 N–H and O–H groups in total. The average molecular weight is 388 g/mol. The van der Waals surface area contributed by atoms with E-state index in [0.29, 0.717) is 0 Å². The number of nitriles is 1. The monoisotopic (exact) mass is 387 g/mol. The first-order chi connectivity index (χ1) is 14.3. The summed E-state index contributed by atoms with van der Waals surface area (Å²) in [5, 5.41) is 8.90. The van der Waals surface area contributed by atoms with Gasteiger partial charge in [-0.15, -0.1) is 0 Å². The molecule has 0 radical (unpaired) electrons. The molecule has 1 heteroatoms. The number of unbranched alkanes of at least 4 members (excludes halogenated alkanes) is 4. The summed E-state index contributed by atoms with van der Waals surface area (Å²) in [6, 6.07) is 19.6. The van der Waals surface area contributed by atoms with Gasteiger partial charge in [-0.25, -0.2) is 0 Å². The first kappa shape index (κ1) is 21.6. The van der Waals surface area contributed by atoms with Crippen LogP contribution in [0, 0.1) is 17.2 Å². The second-order valence-electron chi connectivity index (χ2n) is 8.97. The second-order valence-corrected chi connectivity index (χ2v) is 8.97. The third-order valence-corrected chi connectivity index (χ3v) is 6.80. The van der Waals surface area contributed by atoms with Crippen LogP contribution in [0.4, 0.5) is 0 Å². The van der Waals surface area contributed by atoms with Gasteiger partial charge in [-0.3, -0.25) is 0 Å². The number of hydrogen-bond acceptors (Lipinski definition) is 1. The summed E-state index contributed by atoms with van der Waals surface area (Å²) in [5.41, 5.74) is 5.01. The Balaban J connectivity index is 1.39. The zero-order valence-electron chi connectivity index (χ0n) is 18.2. The Kier molecular flexibility index (Phi) is 8.82. The number of rotatable bonds is 10. The summed E-state index contributed by atoms with van der Waals surface area (Å²) in [6.45, 7) is 2.29. The van der Waals surface area contributed by atoms with Crippen LogP contribution in [0.25, 0.3) is 0 Å². The maximum absolute atomic E-state index is 8.90. The fourth-order valence-corrected chi connectivity index (χ4v) is 4.81. The molecule has 1 aliphatic carbocycles. The highest BCUT2D eigenvalue weighted by Crippen LogP contribution is 2.37. The quantitative estimate of drug-likeness (QED) is 0.379. The van der Waals surface area contributed by atoms with Crippen LogP contribution in [-0.4, -0.2) is 0 Å². The van der Waals surface area contributed by atoms with Crippen molar-refractivity contribution in [2.75, 3.05) is 0 Å². The second kappa shape index (κ2) is 11.8. The van der Waals surface area contributed by atoms with Crippen molar-refractivity contribution < 1.29 is 0 Å². The summed E-state index contributed by atoms with van der Waals surface area (Å²) in [7, 11) is 0. The van der Waals surface area contributed by atoms with Crippen molar-refractivity contribution >= 4 is 0 Å². The molecule has 0 amide bonds. The molecule has 0 saturated heterocycles. The molecule has 0 unspecified atom stereocenters. The fraction of sp³-hybridized carbons (Fsp3) is 0.536. The van der Waals surface area contributed by atoms with Crippen molar-refractivity contribution in [3.05, 3.63) is 70.8 Å². The van der Waals surface area contributed by atoms with Gasteiger partial charge in [0.15, 0.2) is 0 Å². The van der Waals surface area contributed by atoms with Gasteiger partial charge < -0.3 is 0 Å². The molecular weight excluding hydrogens is 350 g/mol. The van der Waals surface area contributed by atoms with E-state index < -0.39 is 0 Å². The minimum absolute atomic E-state index is 0.740. The van der Waals surface area contributed by atoms with Gasteiger partial charge in [-0.1, -0.05) is 81.8 Å². The number of aryl methyl sites for hydroxylation is 2. The molecule has 1 nitrogen and oxygen atoms in total. The minimum Gasteiger partial charge on any atom is -0.192 e. The van der Waals surface area contributed by atoms with Crippen LogP contribution in [-0.2, 0) is 12.8 Å². The lowest BCUT2D eigenvalue weighted by Gasteiger charge is -2.29. The van der Waals surface area contributed by atoms with Gasteiger partial charge in [0, 0.05) is 0 Å². The van der Waals surface area contributed by atoms with Crippen LogP contribution in [0.15, 0.2) is 48.5 Å². The van der Waals surface area contributed by atoms with E-state index in [1.807, 2.05) is 12.1 Å². The van der Waals surface area contributed by atoms with Crippen molar-refractivity contribution in [3.63, 3.8) is 0 Å². The van der Waals surface area contributed by atoms with Crippen LogP contribution in [0.5, 0.6) is 0 Å². The van der Waals surface area contributed by atoms with Crippen LogP contribution in [0.3, 0.4) is 0 Å². The van der Waals surface area contributed by atoms with Gasteiger partial charge in [0.25, 0.3) is 0 Å². The molecular formula is C28H37N. The van der Waals surface area contributed by atoms with E-state index in [-0.39, 0.29) is 0 Å². The Morgan fingerprint density at radius 1 is 0.759 bits per heavy atom. The zero-order chi connectivity index (χ0) is 20.3. The molecule has 0 heterocycles. The van der Waals surface area contributed by atoms with Crippen LogP contribution >= 0.6 is 0 Å².